The van der Waals surface area contributed by atoms with Gasteiger partial charge in [-0.25, -0.2) is 4.98 Å². The number of halogens is 5. The summed E-state index contributed by atoms with van der Waals surface area (Å²) in [6, 6.07) is 5.42. The van der Waals surface area contributed by atoms with Gasteiger partial charge in [0.2, 0.25) is 5.95 Å². The van der Waals surface area contributed by atoms with Gasteiger partial charge in [0.05, 0.1) is 46.7 Å². The summed E-state index contributed by atoms with van der Waals surface area (Å²) >= 11 is 6.69. The van der Waals surface area contributed by atoms with E-state index < -0.39 is 36.9 Å². The molecular weight excluding hydrogens is 574 g/mol. The lowest BCUT2D eigenvalue weighted by atomic mass is 9.95. The number of rotatable bonds is 7. The van der Waals surface area contributed by atoms with Crippen molar-refractivity contribution < 1.29 is 22.3 Å². The number of benzene rings is 1. The van der Waals surface area contributed by atoms with Gasteiger partial charge >= 0.3 is 6.18 Å². The zero-order valence-electron chi connectivity index (χ0n) is 23.4. The number of anilines is 2. The topological polar surface area (TPSA) is 86.4 Å². The van der Waals surface area contributed by atoms with Crippen molar-refractivity contribution in [3.05, 3.63) is 70.2 Å². The molecule has 1 saturated heterocycles. The van der Waals surface area contributed by atoms with Crippen molar-refractivity contribution in [1.29, 1.82) is 0 Å². The number of hydrazine groups is 2. The average molecular weight is 604 g/mol. The Labute approximate surface area is 245 Å². The quantitative estimate of drug-likeness (QED) is 0.153. The maximum atomic E-state index is 14.0. The third kappa shape index (κ3) is 5.52. The minimum Gasteiger partial charge on any atom is -0.383 e. The van der Waals surface area contributed by atoms with Gasteiger partial charge in [-0.3, -0.25) is 9.99 Å². The lowest BCUT2D eigenvalue weighted by Gasteiger charge is -2.47. The summed E-state index contributed by atoms with van der Waals surface area (Å²) in [7, 11) is 0. The van der Waals surface area contributed by atoms with Gasteiger partial charge < -0.3 is 20.8 Å². The van der Waals surface area contributed by atoms with Gasteiger partial charge in [-0.15, -0.1) is 12.0 Å². The lowest BCUT2D eigenvalue weighted by Crippen LogP contribution is -2.71. The predicted molar refractivity (Wildman–Crippen MR) is 154 cm³/mol. The molecule has 0 unspecified atom stereocenters. The molecule has 3 aromatic rings. The van der Waals surface area contributed by atoms with Crippen LogP contribution in [-0.4, -0.2) is 46.5 Å². The van der Waals surface area contributed by atoms with E-state index in [0.29, 0.717) is 56.4 Å². The van der Waals surface area contributed by atoms with Crippen molar-refractivity contribution in [3.8, 4) is 12.3 Å². The van der Waals surface area contributed by atoms with Crippen LogP contribution < -0.4 is 21.6 Å². The van der Waals surface area contributed by atoms with Gasteiger partial charge in [0.15, 0.2) is 5.54 Å². The molecule has 0 radical (unpaired) electrons. The zero-order chi connectivity index (χ0) is 30.4. The normalized spacial score (nSPS) is 17.2. The van der Waals surface area contributed by atoms with Gasteiger partial charge in [0.1, 0.15) is 0 Å². The molecule has 0 spiro atoms. The Morgan fingerprint density at radius 2 is 1.98 bits per heavy atom. The molecule has 0 bridgehead atoms. The van der Waals surface area contributed by atoms with Gasteiger partial charge in [-0.1, -0.05) is 44.4 Å². The summed E-state index contributed by atoms with van der Waals surface area (Å²) in [5, 5.41) is 8.73. The van der Waals surface area contributed by atoms with E-state index >= 15 is 0 Å². The highest BCUT2D eigenvalue weighted by Gasteiger charge is 2.64. The Morgan fingerprint density at radius 3 is 2.57 bits per heavy atom. The van der Waals surface area contributed by atoms with Crippen LogP contribution >= 0.6 is 11.6 Å². The second-order valence-electron chi connectivity index (χ2n) is 11.6. The molecule has 4 heterocycles. The van der Waals surface area contributed by atoms with Crippen molar-refractivity contribution in [2.24, 2.45) is 5.41 Å². The smallest absolute Gasteiger partial charge is 0.383 e. The Hall–Kier alpha value is -3.79. The number of terminal acetylenes is 1. The second-order valence-corrected chi connectivity index (χ2v) is 12.0. The van der Waals surface area contributed by atoms with E-state index in [4.69, 9.17) is 22.8 Å². The predicted octanol–water partition coefficient (Wildman–Crippen LogP) is 5.82. The van der Waals surface area contributed by atoms with E-state index in [0.717, 1.165) is 5.01 Å². The van der Waals surface area contributed by atoms with Crippen molar-refractivity contribution in [2.45, 2.75) is 45.5 Å². The Kier molecular flexibility index (Phi) is 7.64. The number of fused-ring (bicyclic) bond motifs is 1. The molecular formula is C29H30ClF4N7O. The first kappa shape index (κ1) is 29.7. The number of pyridine rings is 2. The van der Waals surface area contributed by atoms with Crippen molar-refractivity contribution in [2.75, 3.05) is 30.4 Å². The van der Waals surface area contributed by atoms with Crippen molar-refractivity contribution in [3.63, 3.8) is 0 Å². The molecule has 0 amide bonds. The van der Waals surface area contributed by atoms with Crippen LogP contribution in [0.15, 0.2) is 42.4 Å². The van der Waals surface area contributed by atoms with Crippen LogP contribution in [0.5, 0.6) is 0 Å². The van der Waals surface area contributed by atoms with Crippen LogP contribution in [0.4, 0.5) is 28.9 Å². The van der Waals surface area contributed by atoms with Crippen LogP contribution in [0, 0.1) is 30.6 Å². The number of nitrogens with zero attached hydrogens (tertiary/aromatic N) is 3. The number of nitrogens with one attached hydrogen (secondary N) is 4. The molecule has 8 nitrogen and oxygen atoms in total. The van der Waals surface area contributed by atoms with E-state index in [-0.39, 0.29) is 5.41 Å². The van der Waals surface area contributed by atoms with Crippen LogP contribution in [0.25, 0.3) is 10.9 Å². The van der Waals surface area contributed by atoms with E-state index in [2.05, 4.69) is 58.3 Å². The van der Waals surface area contributed by atoms with Crippen LogP contribution in [0.3, 0.4) is 0 Å². The van der Waals surface area contributed by atoms with E-state index in [1.165, 1.54) is 18.3 Å². The van der Waals surface area contributed by atoms with Gasteiger partial charge in [0.25, 0.3) is 0 Å². The molecule has 2 aliphatic heterocycles. The molecule has 42 heavy (non-hydrogen) atoms. The van der Waals surface area contributed by atoms with Gasteiger partial charge in [-0.05, 0) is 30.5 Å². The lowest BCUT2D eigenvalue weighted by molar-refractivity contribution is -0.305. The van der Waals surface area contributed by atoms with Gasteiger partial charge in [-0.2, -0.15) is 17.6 Å². The fraction of sp³-hybridized carbons (Fsp3) is 0.379. The third-order valence-electron chi connectivity index (χ3n) is 7.16. The largest absolute Gasteiger partial charge is 0.417 e. The summed E-state index contributed by atoms with van der Waals surface area (Å²) in [5.74, 6) is 1.98. The Balaban J connectivity index is 1.59. The molecule has 2 aliphatic rings. The highest BCUT2D eigenvalue weighted by atomic mass is 35.5. The summed E-state index contributed by atoms with van der Waals surface area (Å²) in [4.78, 5) is 8.39. The average Bonchev–Trinajstić information content (AvgIpc) is 3.33. The Morgan fingerprint density at radius 1 is 1.24 bits per heavy atom. The molecule has 4 N–H and O–H groups in total. The maximum Gasteiger partial charge on any atom is 0.417 e. The number of aryl methyl sites for hydroxylation is 1. The maximum absolute atomic E-state index is 14.0. The summed E-state index contributed by atoms with van der Waals surface area (Å²) in [5.41, 5.74) is 6.65. The zero-order valence-corrected chi connectivity index (χ0v) is 24.1. The first-order valence-corrected chi connectivity index (χ1v) is 13.5. The second kappa shape index (κ2) is 10.8. The summed E-state index contributed by atoms with van der Waals surface area (Å²) in [6.07, 6.45) is 4.13. The molecule has 1 fully saturated rings. The SMILES string of the molecule is C#Cc1cnc2c(Cl)cc(N[C@H](C3=CN(C4(C(F)(F)F)COC4)NN3)c3ccc(F)nc3C)cc2c1NCC(C)(C)C. The van der Waals surface area contributed by atoms with Crippen molar-refractivity contribution in [1.82, 2.24) is 25.9 Å². The third-order valence-corrected chi connectivity index (χ3v) is 7.45. The molecule has 1 aromatic carbocycles. The highest BCUT2D eigenvalue weighted by molar-refractivity contribution is 6.35. The fourth-order valence-corrected chi connectivity index (χ4v) is 5.04. The molecule has 222 valence electrons. The van der Waals surface area contributed by atoms with E-state index in [1.807, 2.05) is 6.07 Å². The monoisotopic (exact) mass is 603 g/mol. The summed E-state index contributed by atoms with van der Waals surface area (Å²) < 4.78 is 60.9. The minimum atomic E-state index is -4.56. The molecule has 5 rings (SSSR count). The molecule has 1 atom stereocenters. The van der Waals surface area contributed by atoms with Crippen LogP contribution in [0.1, 0.15) is 43.6 Å². The Bertz CT molecular complexity index is 1590. The van der Waals surface area contributed by atoms with Gasteiger partial charge in [0, 0.05) is 41.3 Å². The molecule has 2 aromatic heterocycles. The van der Waals surface area contributed by atoms with Crippen LogP contribution in [-0.2, 0) is 4.74 Å². The number of aromatic nitrogens is 2. The standard InChI is InChI=1S/C29H30ClF4N7O/c1-6-17-11-35-25-20(24(17)36-13-27(3,4)5)9-18(10-21(25)30)38-26(19-7-8-23(31)37-16(19)2)22-12-41(40-39-22)28(14-42-15-28)29(32,33)34/h1,7-12,26,38-40H,13-15H2,2-5H3,(H,35,36)/t26-/m0/s1. The number of alkyl halides is 3. The highest BCUT2D eigenvalue weighted by Crippen LogP contribution is 2.43. The summed E-state index contributed by atoms with van der Waals surface area (Å²) in [6.45, 7) is 7.43. The van der Waals surface area contributed by atoms with E-state index in [9.17, 15) is 17.6 Å². The number of hydrogen-bond donors (Lipinski definition) is 4. The van der Waals surface area contributed by atoms with Crippen LogP contribution in [0.2, 0.25) is 5.02 Å². The minimum absolute atomic E-state index is 0.0575. The molecule has 13 heteroatoms. The fourth-order valence-electron chi connectivity index (χ4n) is 4.77. The molecule has 0 saturated carbocycles. The van der Waals surface area contributed by atoms with E-state index in [1.54, 1.807) is 19.2 Å². The molecule has 0 aliphatic carbocycles. The van der Waals surface area contributed by atoms with Crippen molar-refractivity contribution >= 4 is 33.9 Å². The number of ether oxygens (including phenoxy) is 1. The first-order chi connectivity index (χ1) is 19.7. The first-order valence-electron chi connectivity index (χ1n) is 13.1. The number of hydrogen-bond acceptors (Lipinski definition) is 8.